The van der Waals surface area contributed by atoms with E-state index in [4.69, 9.17) is 5.73 Å². The highest BCUT2D eigenvalue weighted by Crippen LogP contribution is 2.33. The molecule has 2 nitrogen and oxygen atoms in total. The minimum Gasteiger partial charge on any atom is -0.397 e. The summed E-state index contributed by atoms with van der Waals surface area (Å²) in [4.78, 5) is 2.18. The van der Waals surface area contributed by atoms with Crippen LogP contribution in [0.25, 0.3) is 0 Å². The van der Waals surface area contributed by atoms with E-state index in [9.17, 15) is 4.39 Å². The van der Waals surface area contributed by atoms with Crippen LogP contribution in [0.3, 0.4) is 0 Å². The molecule has 0 unspecified atom stereocenters. The van der Waals surface area contributed by atoms with Crippen molar-refractivity contribution in [3.05, 3.63) is 23.8 Å². The summed E-state index contributed by atoms with van der Waals surface area (Å²) >= 11 is 0. The molecule has 0 radical (unpaired) electrons. The van der Waals surface area contributed by atoms with Crippen LogP contribution in [-0.2, 0) is 6.42 Å². The SMILES string of the molecule is Nc1cccc2c1N(CCCF)CC2. The Morgan fingerprint density at radius 1 is 1.43 bits per heavy atom. The van der Waals surface area contributed by atoms with Crippen LogP contribution in [0.1, 0.15) is 12.0 Å². The minimum atomic E-state index is -0.251. The van der Waals surface area contributed by atoms with Gasteiger partial charge in [-0.3, -0.25) is 4.39 Å². The van der Waals surface area contributed by atoms with Crippen LogP contribution in [-0.4, -0.2) is 19.8 Å². The van der Waals surface area contributed by atoms with Gasteiger partial charge in [-0.1, -0.05) is 12.1 Å². The molecule has 2 N–H and O–H groups in total. The third kappa shape index (κ3) is 1.54. The van der Waals surface area contributed by atoms with Crippen LogP contribution in [0.2, 0.25) is 0 Å². The molecule has 0 atom stereocenters. The minimum absolute atomic E-state index is 0.251. The van der Waals surface area contributed by atoms with Crippen molar-refractivity contribution < 1.29 is 4.39 Å². The molecule has 14 heavy (non-hydrogen) atoms. The van der Waals surface area contributed by atoms with Gasteiger partial charge in [-0.15, -0.1) is 0 Å². The summed E-state index contributed by atoms with van der Waals surface area (Å²) in [6.45, 7) is 1.50. The van der Waals surface area contributed by atoms with Gasteiger partial charge in [-0.25, -0.2) is 0 Å². The molecule has 1 aromatic carbocycles. The summed E-state index contributed by atoms with van der Waals surface area (Å²) in [5, 5.41) is 0. The molecule has 1 aliphatic rings. The van der Waals surface area contributed by atoms with E-state index < -0.39 is 0 Å². The van der Waals surface area contributed by atoms with Gasteiger partial charge in [0.05, 0.1) is 18.0 Å². The number of benzene rings is 1. The monoisotopic (exact) mass is 194 g/mol. The van der Waals surface area contributed by atoms with Crippen LogP contribution in [0.5, 0.6) is 0 Å². The van der Waals surface area contributed by atoms with E-state index in [2.05, 4.69) is 11.0 Å². The third-order valence-electron chi connectivity index (χ3n) is 2.68. The number of halogens is 1. The van der Waals surface area contributed by atoms with Gasteiger partial charge in [-0.05, 0) is 24.5 Å². The Morgan fingerprint density at radius 3 is 3.07 bits per heavy atom. The first-order chi connectivity index (χ1) is 6.83. The lowest BCUT2D eigenvalue weighted by Crippen LogP contribution is -2.22. The molecule has 0 fully saturated rings. The van der Waals surface area contributed by atoms with Crippen molar-refractivity contribution in [3.8, 4) is 0 Å². The van der Waals surface area contributed by atoms with E-state index in [1.807, 2.05) is 12.1 Å². The zero-order valence-corrected chi connectivity index (χ0v) is 8.17. The maximum atomic E-state index is 12.1. The fourth-order valence-electron chi connectivity index (χ4n) is 2.04. The molecule has 0 amide bonds. The number of anilines is 2. The van der Waals surface area contributed by atoms with E-state index in [-0.39, 0.29) is 6.67 Å². The fourth-order valence-corrected chi connectivity index (χ4v) is 2.04. The largest absolute Gasteiger partial charge is 0.397 e. The summed E-state index contributed by atoms with van der Waals surface area (Å²) in [6.07, 6.45) is 1.63. The highest BCUT2D eigenvalue weighted by atomic mass is 19.1. The van der Waals surface area contributed by atoms with Crippen molar-refractivity contribution in [1.29, 1.82) is 0 Å². The van der Waals surface area contributed by atoms with Gasteiger partial charge < -0.3 is 10.6 Å². The lowest BCUT2D eigenvalue weighted by Gasteiger charge is -2.19. The summed E-state index contributed by atoms with van der Waals surface area (Å²) in [5.41, 5.74) is 9.14. The third-order valence-corrected chi connectivity index (χ3v) is 2.68. The molecule has 1 aromatic rings. The first-order valence-electron chi connectivity index (χ1n) is 5.01. The fraction of sp³-hybridized carbons (Fsp3) is 0.455. The second-order valence-corrected chi connectivity index (χ2v) is 3.63. The number of fused-ring (bicyclic) bond motifs is 1. The number of nitrogens with zero attached hydrogens (tertiary/aromatic N) is 1. The lowest BCUT2D eigenvalue weighted by molar-refractivity contribution is 0.472. The van der Waals surface area contributed by atoms with E-state index >= 15 is 0 Å². The zero-order valence-electron chi connectivity index (χ0n) is 8.17. The van der Waals surface area contributed by atoms with E-state index in [1.165, 1.54) is 5.56 Å². The first-order valence-corrected chi connectivity index (χ1v) is 5.01. The number of rotatable bonds is 3. The number of alkyl halides is 1. The number of hydrogen-bond acceptors (Lipinski definition) is 2. The van der Waals surface area contributed by atoms with Crippen molar-refractivity contribution in [1.82, 2.24) is 0 Å². The predicted octanol–water partition coefficient (Wildman–Crippen LogP) is 1.99. The van der Waals surface area contributed by atoms with Crippen LogP contribution in [0, 0.1) is 0 Å². The summed E-state index contributed by atoms with van der Waals surface area (Å²) in [5.74, 6) is 0. The average Bonchev–Trinajstić information content (AvgIpc) is 2.59. The van der Waals surface area contributed by atoms with E-state index in [1.54, 1.807) is 0 Å². The normalized spacial score (nSPS) is 14.5. The number of hydrogen-bond donors (Lipinski definition) is 1. The van der Waals surface area contributed by atoms with Crippen molar-refractivity contribution in [2.45, 2.75) is 12.8 Å². The Morgan fingerprint density at radius 2 is 2.29 bits per heavy atom. The van der Waals surface area contributed by atoms with Crippen molar-refractivity contribution in [3.63, 3.8) is 0 Å². The Kier molecular flexibility index (Phi) is 2.57. The van der Waals surface area contributed by atoms with Crippen LogP contribution in [0.15, 0.2) is 18.2 Å². The Balaban J connectivity index is 2.20. The maximum absolute atomic E-state index is 12.1. The Bertz CT molecular complexity index is 325. The molecule has 0 saturated carbocycles. The highest BCUT2D eigenvalue weighted by molar-refractivity contribution is 5.74. The van der Waals surface area contributed by atoms with Crippen LogP contribution < -0.4 is 10.6 Å². The summed E-state index contributed by atoms with van der Waals surface area (Å²) in [7, 11) is 0. The average molecular weight is 194 g/mol. The van der Waals surface area contributed by atoms with Crippen LogP contribution >= 0.6 is 0 Å². The molecular weight excluding hydrogens is 179 g/mol. The van der Waals surface area contributed by atoms with Gasteiger partial charge in [0.25, 0.3) is 0 Å². The van der Waals surface area contributed by atoms with Gasteiger partial charge in [0.2, 0.25) is 0 Å². The topological polar surface area (TPSA) is 29.3 Å². The van der Waals surface area contributed by atoms with Gasteiger partial charge in [-0.2, -0.15) is 0 Å². The first kappa shape index (κ1) is 9.31. The highest BCUT2D eigenvalue weighted by Gasteiger charge is 2.20. The number of para-hydroxylation sites is 1. The molecule has 0 bridgehead atoms. The van der Waals surface area contributed by atoms with Crippen molar-refractivity contribution in [2.75, 3.05) is 30.4 Å². The predicted molar refractivity (Wildman–Crippen MR) is 57.4 cm³/mol. The zero-order chi connectivity index (χ0) is 9.97. The molecule has 0 aliphatic carbocycles. The van der Waals surface area contributed by atoms with Gasteiger partial charge in [0.1, 0.15) is 0 Å². The molecule has 0 spiro atoms. The van der Waals surface area contributed by atoms with Crippen LogP contribution in [0.4, 0.5) is 15.8 Å². The smallest absolute Gasteiger partial charge is 0.0911 e. The second-order valence-electron chi connectivity index (χ2n) is 3.63. The van der Waals surface area contributed by atoms with Crippen molar-refractivity contribution in [2.24, 2.45) is 0 Å². The summed E-state index contributed by atoms with van der Waals surface area (Å²) in [6, 6.07) is 5.99. The number of nitrogens with two attached hydrogens (primary N) is 1. The standard InChI is InChI=1S/C11H15FN2/c12-6-2-7-14-8-5-9-3-1-4-10(13)11(9)14/h1,3-4H,2,5-8,13H2. The van der Waals surface area contributed by atoms with Gasteiger partial charge in [0.15, 0.2) is 0 Å². The Labute approximate surface area is 83.5 Å². The molecule has 0 saturated heterocycles. The maximum Gasteiger partial charge on any atom is 0.0911 e. The lowest BCUT2D eigenvalue weighted by atomic mass is 10.1. The Hall–Kier alpha value is -1.25. The molecular formula is C11H15FN2. The molecule has 3 heteroatoms. The quantitative estimate of drug-likeness (QED) is 0.746. The second kappa shape index (κ2) is 3.86. The molecule has 0 aromatic heterocycles. The molecule has 1 heterocycles. The molecule has 1 aliphatic heterocycles. The van der Waals surface area contributed by atoms with Crippen molar-refractivity contribution >= 4 is 11.4 Å². The van der Waals surface area contributed by atoms with Gasteiger partial charge in [0, 0.05) is 13.1 Å². The van der Waals surface area contributed by atoms with E-state index in [0.29, 0.717) is 6.42 Å². The molecule has 76 valence electrons. The van der Waals surface area contributed by atoms with E-state index in [0.717, 1.165) is 30.9 Å². The number of nitrogen functional groups attached to an aromatic ring is 1. The molecule has 2 rings (SSSR count). The summed E-state index contributed by atoms with van der Waals surface area (Å²) < 4.78 is 12.1. The van der Waals surface area contributed by atoms with Gasteiger partial charge >= 0.3 is 0 Å².